The molecule has 0 radical (unpaired) electrons. The molecule has 1 fully saturated rings. The zero-order chi connectivity index (χ0) is 13.4. The number of hydrogen-bond donors (Lipinski definition) is 1. The second-order valence-corrected chi connectivity index (χ2v) is 6.33. The molecule has 1 aliphatic heterocycles. The van der Waals surface area contributed by atoms with Gasteiger partial charge in [0, 0.05) is 22.9 Å². The number of pyridine rings is 1. The lowest BCUT2D eigenvalue weighted by atomic mass is 9.99. The fraction of sp³-hybridized carbons (Fsp3) is 0.400. The molecule has 2 heterocycles. The first-order chi connectivity index (χ1) is 9.15. The van der Waals surface area contributed by atoms with Gasteiger partial charge in [-0.2, -0.15) is 0 Å². The van der Waals surface area contributed by atoms with Crippen LogP contribution in [0.25, 0.3) is 10.9 Å². The monoisotopic (exact) mass is 319 g/mol. The molecule has 0 spiro atoms. The van der Waals surface area contributed by atoms with Gasteiger partial charge in [0.15, 0.2) is 0 Å². The SMILES string of the molecule is CC1CCCN(c2c(N)cnc3ccc(Br)cc23)C1. The Hall–Kier alpha value is -1.29. The number of rotatable bonds is 1. The van der Waals surface area contributed by atoms with E-state index in [0.717, 1.165) is 45.8 Å². The van der Waals surface area contributed by atoms with Crippen molar-refractivity contribution in [1.82, 2.24) is 4.98 Å². The topological polar surface area (TPSA) is 42.1 Å². The van der Waals surface area contributed by atoms with Crippen LogP contribution in [-0.4, -0.2) is 18.1 Å². The van der Waals surface area contributed by atoms with E-state index < -0.39 is 0 Å². The van der Waals surface area contributed by atoms with E-state index in [2.05, 4.69) is 38.8 Å². The molecule has 3 nitrogen and oxygen atoms in total. The summed E-state index contributed by atoms with van der Waals surface area (Å²) in [6, 6.07) is 6.18. The summed E-state index contributed by atoms with van der Waals surface area (Å²) in [5.41, 5.74) is 9.13. The minimum Gasteiger partial charge on any atom is -0.396 e. The fourth-order valence-corrected chi connectivity index (χ4v) is 3.27. The van der Waals surface area contributed by atoms with Gasteiger partial charge in [-0.3, -0.25) is 4.98 Å². The minimum absolute atomic E-state index is 0.725. The van der Waals surface area contributed by atoms with E-state index in [0.29, 0.717) is 0 Å². The predicted molar refractivity (Wildman–Crippen MR) is 84.5 cm³/mol. The third kappa shape index (κ3) is 2.41. The lowest BCUT2D eigenvalue weighted by molar-refractivity contribution is 0.447. The van der Waals surface area contributed by atoms with Gasteiger partial charge in [-0.15, -0.1) is 0 Å². The molecule has 1 saturated heterocycles. The quantitative estimate of drug-likeness (QED) is 0.869. The lowest BCUT2D eigenvalue weighted by Gasteiger charge is -2.34. The number of nitrogens with two attached hydrogens (primary N) is 1. The molecule has 19 heavy (non-hydrogen) atoms. The van der Waals surface area contributed by atoms with Crippen LogP contribution in [-0.2, 0) is 0 Å². The van der Waals surface area contributed by atoms with Crippen LogP contribution in [0.3, 0.4) is 0 Å². The van der Waals surface area contributed by atoms with Gasteiger partial charge in [0.2, 0.25) is 0 Å². The molecule has 3 rings (SSSR count). The number of piperidine rings is 1. The summed E-state index contributed by atoms with van der Waals surface area (Å²) >= 11 is 3.54. The van der Waals surface area contributed by atoms with Gasteiger partial charge in [-0.25, -0.2) is 0 Å². The Kier molecular flexibility index (Phi) is 3.35. The molecular weight excluding hydrogens is 302 g/mol. The molecule has 4 heteroatoms. The van der Waals surface area contributed by atoms with Crippen molar-refractivity contribution in [3.8, 4) is 0 Å². The number of anilines is 2. The van der Waals surface area contributed by atoms with E-state index in [9.17, 15) is 0 Å². The number of nitrogen functional groups attached to an aromatic ring is 1. The van der Waals surface area contributed by atoms with Crippen LogP contribution in [0, 0.1) is 5.92 Å². The molecule has 0 aliphatic carbocycles. The Morgan fingerprint density at radius 2 is 2.26 bits per heavy atom. The van der Waals surface area contributed by atoms with E-state index in [1.54, 1.807) is 6.20 Å². The molecular formula is C15H18BrN3. The third-order valence-electron chi connectivity index (χ3n) is 3.80. The first-order valence-electron chi connectivity index (χ1n) is 6.74. The Morgan fingerprint density at radius 3 is 3.05 bits per heavy atom. The van der Waals surface area contributed by atoms with Crippen molar-refractivity contribution in [3.63, 3.8) is 0 Å². The lowest BCUT2D eigenvalue weighted by Crippen LogP contribution is -2.34. The Balaban J connectivity index is 2.15. The highest BCUT2D eigenvalue weighted by Crippen LogP contribution is 2.35. The van der Waals surface area contributed by atoms with Gasteiger partial charge >= 0.3 is 0 Å². The summed E-state index contributed by atoms with van der Waals surface area (Å²) in [4.78, 5) is 6.84. The summed E-state index contributed by atoms with van der Waals surface area (Å²) in [6.07, 6.45) is 4.33. The molecule has 1 unspecified atom stereocenters. The Labute approximate surface area is 121 Å². The number of halogens is 1. The number of fused-ring (bicyclic) bond motifs is 1. The van der Waals surface area contributed by atoms with E-state index in [4.69, 9.17) is 5.73 Å². The smallest absolute Gasteiger partial charge is 0.0745 e. The molecule has 0 bridgehead atoms. The number of hydrogen-bond acceptors (Lipinski definition) is 3. The van der Waals surface area contributed by atoms with Crippen molar-refractivity contribution in [3.05, 3.63) is 28.9 Å². The van der Waals surface area contributed by atoms with Gasteiger partial charge in [0.1, 0.15) is 0 Å². The first kappa shape index (κ1) is 12.7. The van der Waals surface area contributed by atoms with Crippen LogP contribution in [0.4, 0.5) is 11.4 Å². The Morgan fingerprint density at radius 1 is 1.42 bits per heavy atom. The van der Waals surface area contributed by atoms with E-state index in [1.807, 2.05) is 12.1 Å². The molecule has 0 amide bonds. The summed E-state index contributed by atoms with van der Waals surface area (Å²) in [6.45, 7) is 4.47. The summed E-state index contributed by atoms with van der Waals surface area (Å²) in [5, 5.41) is 1.14. The second-order valence-electron chi connectivity index (χ2n) is 5.42. The molecule has 0 saturated carbocycles. The number of aromatic nitrogens is 1. The van der Waals surface area contributed by atoms with Gasteiger partial charge in [0.25, 0.3) is 0 Å². The van der Waals surface area contributed by atoms with Crippen LogP contribution in [0.1, 0.15) is 19.8 Å². The van der Waals surface area contributed by atoms with Gasteiger partial charge in [0.05, 0.1) is 23.1 Å². The van der Waals surface area contributed by atoms with Crippen molar-refractivity contribution in [1.29, 1.82) is 0 Å². The maximum absolute atomic E-state index is 6.19. The van der Waals surface area contributed by atoms with Gasteiger partial charge in [-0.1, -0.05) is 22.9 Å². The van der Waals surface area contributed by atoms with Crippen LogP contribution >= 0.6 is 15.9 Å². The van der Waals surface area contributed by atoms with Crippen molar-refractivity contribution < 1.29 is 0 Å². The zero-order valence-corrected chi connectivity index (χ0v) is 12.7. The van der Waals surface area contributed by atoms with E-state index in [-0.39, 0.29) is 0 Å². The molecule has 1 aromatic heterocycles. The molecule has 2 N–H and O–H groups in total. The second kappa shape index (κ2) is 5.00. The highest BCUT2D eigenvalue weighted by molar-refractivity contribution is 9.10. The predicted octanol–water partition coefficient (Wildman–Crippen LogP) is 3.82. The largest absolute Gasteiger partial charge is 0.396 e. The average molecular weight is 320 g/mol. The van der Waals surface area contributed by atoms with Crippen molar-refractivity contribution >= 4 is 38.2 Å². The van der Waals surface area contributed by atoms with Crippen molar-refractivity contribution in [2.45, 2.75) is 19.8 Å². The number of nitrogens with zero attached hydrogens (tertiary/aromatic N) is 2. The van der Waals surface area contributed by atoms with Crippen LogP contribution in [0.2, 0.25) is 0 Å². The standard InChI is InChI=1S/C15H18BrN3/c1-10-3-2-6-19(9-10)15-12-7-11(16)4-5-14(12)18-8-13(15)17/h4-5,7-8,10H,2-3,6,9,17H2,1H3. The molecule has 1 aliphatic rings. The molecule has 2 aromatic rings. The summed E-state index contributed by atoms with van der Waals surface area (Å²) in [5.74, 6) is 0.725. The third-order valence-corrected chi connectivity index (χ3v) is 4.30. The highest BCUT2D eigenvalue weighted by atomic mass is 79.9. The average Bonchev–Trinajstić information content (AvgIpc) is 2.38. The first-order valence-corrected chi connectivity index (χ1v) is 7.53. The number of benzene rings is 1. The Bertz CT molecular complexity index is 606. The molecule has 100 valence electrons. The molecule has 1 aromatic carbocycles. The van der Waals surface area contributed by atoms with E-state index in [1.165, 1.54) is 12.8 Å². The van der Waals surface area contributed by atoms with Crippen LogP contribution in [0.15, 0.2) is 28.9 Å². The summed E-state index contributed by atoms with van der Waals surface area (Å²) in [7, 11) is 0. The normalized spacial score (nSPS) is 19.9. The van der Waals surface area contributed by atoms with Crippen LogP contribution < -0.4 is 10.6 Å². The fourth-order valence-electron chi connectivity index (χ4n) is 2.91. The van der Waals surface area contributed by atoms with Crippen LogP contribution in [0.5, 0.6) is 0 Å². The summed E-state index contributed by atoms with van der Waals surface area (Å²) < 4.78 is 1.07. The minimum atomic E-state index is 0.725. The van der Waals surface area contributed by atoms with Gasteiger partial charge < -0.3 is 10.6 Å². The van der Waals surface area contributed by atoms with Crippen molar-refractivity contribution in [2.75, 3.05) is 23.7 Å². The van der Waals surface area contributed by atoms with Gasteiger partial charge in [-0.05, 0) is 37.0 Å². The van der Waals surface area contributed by atoms with E-state index >= 15 is 0 Å². The van der Waals surface area contributed by atoms with Crippen molar-refractivity contribution in [2.24, 2.45) is 5.92 Å². The zero-order valence-electron chi connectivity index (χ0n) is 11.1. The maximum Gasteiger partial charge on any atom is 0.0745 e. The highest BCUT2D eigenvalue weighted by Gasteiger charge is 2.20. The maximum atomic E-state index is 6.19. The molecule has 1 atom stereocenters.